The Morgan fingerprint density at radius 2 is 2.33 bits per heavy atom. The van der Waals surface area contributed by atoms with Crippen LogP contribution in [-0.2, 0) is 4.74 Å². The Hall–Kier alpha value is -0.580. The van der Waals surface area contributed by atoms with Crippen LogP contribution in [0.5, 0.6) is 5.75 Å². The van der Waals surface area contributed by atoms with Gasteiger partial charge in [0.05, 0.1) is 17.2 Å². The van der Waals surface area contributed by atoms with E-state index in [0.717, 1.165) is 28.8 Å². The molecule has 3 atom stereocenters. The minimum atomic E-state index is 0.0227. The molecular weight excluding hydrogens is 294 g/mol. The molecule has 1 aliphatic heterocycles. The molecule has 0 amide bonds. The van der Waals surface area contributed by atoms with Gasteiger partial charge in [-0.15, -0.1) is 0 Å². The first-order valence-electron chi connectivity index (χ1n) is 6.43. The van der Waals surface area contributed by atoms with Gasteiger partial charge < -0.3 is 15.2 Å². The monoisotopic (exact) mass is 313 g/mol. The highest BCUT2D eigenvalue weighted by molar-refractivity contribution is 9.10. The van der Waals surface area contributed by atoms with Gasteiger partial charge >= 0.3 is 0 Å². The van der Waals surface area contributed by atoms with Crippen molar-refractivity contribution in [2.24, 2.45) is 11.7 Å². The first-order valence-corrected chi connectivity index (χ1v) is 7.22. The molecule has 3 unspecified atom stereocenters. The molecule has 1 saturated heterocycles. The van der Waals surface area contributed by atoms with Crippen molar-refractivity contribution >= 4 is 15.9 Å². The molecule has 0 spiro atoms. The number of rotatable bonds is 4. The fraction of sp³-hybridized carbons (Fsp3) is 0.571. The van der Waals surface area contributed by atoms with Crippen LogP contribution in [0.2, 0.25) is 0 Å². The van der Waals surface area contributed by atoms with Gasteiger partial charge in [0, 0.05) is 18.6 Å². The zero-order valence-corrected chi connectivity index (χ0v) is 12.4. The summed E-state index contributed by atoms with van der Waals surface area (Å²) in [7, 11) is 0. The molecule has 0 aromatic heterocycles. The Kier molecular flexibility index (Phi) is 4.65. The molecule has 0 aliphatic carbocycles. The van der Waals surface area contributed by atoms with Crippen LogP contribution in [0.3, 0.4) is 0 Å². The largest absolute Gasteiger partial charge is 0.493 e. The smallest absolute Gasteiger partial charge is 0.133 e. The normalized spacial score (nSPS) is 25.1. The summed E-state index contributed by atoms with van der Waals surface area (Å²) in [5.74, 6) is 1.26. The van der Waals surface area contributed by atoms with Crippen molar-refractivity contribution in [3.63, 3.8) is 0 Å². The summed E-state index contributed by atoms with van der Waals surface area (Å²) in [5, 5.41) is 0. The molecule has 1 aromatic rings. The fourth-order valence-corrected chi connectivity index (χ4v) is 2.97. The lowest BCUT2D eigenvalue weighted by Gasteiger charge is -2.23. The molecular formula is C14H20BrNO2. The van der Waals surface area contributed by atoms with E-state index in [0.29, 0.717) is 12.5 Å². The van der Waals surface area contributed by atoms with Gasteiger partial charge in [0.25, 0.3) is 0 Å². The molecule has 2 rings (SSSR count). The van der Waals surface area contributed by atoms with Crippen LogP contribution in [0.4, 0.5) is 0 Å². The van der Waals surface area contributed by atoms with Gasteiger partial charge in [-0.05, 0) is 53.9 Å². The van der Waals surface area contributed by atoms with Gasteiger partial charge in [0.2, 0.25) is 0 Å². The topological polar surface area (TPSA) is 44.5 Å². The number of nitrogens with two attached hydrogens (primary N) is 1. The summed E-state index contributed by atoms with van der Waals surface area (Å²) in [4.78, 5) is 0. The predicted molar refractivity (Wildman–Crippen MR) is 75.8 cm³/mol. The SMILES string of the molecule is CCOc1ccc(C(N)C2CCOC2C)cc1Br. The molecule has 4 heteroatoms. The second-order valence-corrected chi connectivity index (χ2v) is 5.53. The maximum atomic E-state index is 6.34. The highest BCUT2D eigenvalue weighted by Gasteiger charge is 2.30. The predicted octanol–water partition coefficient (Wildman–Crippen LogP) is 3.27. The summed E-state index contributed by atoms with van der Waals surface area (Å²) in [6.45, 7) is 5.56. The van der Waals surface area contributed by atoms with E-state index in [9.17, 15) is 0 Å². The lowest BCUT2D eigenvalue weighted by atomic mass is 9.89. The van der Waals surface area contributed by atoms with Gasteiger partial charge in [0.15, 0.2) is 0 Å². The molecule has 100 valence electrons. The van der Waals surface area contributed by atoms with Crippen molar-refractivity contribution in [1.82, 2.24) is 0 Å². The van der Waals surface area contributed by atoms with Crippen LogP contribution in [0.25, 0.3) is 0 Å². The number of benzene rings is 1. The van der Waals surface area contributed by atoms with E-state index >= 15 is 0 Å². The van der Waals surface area contributed by atoms with Crippen LogP contribution in [0.15, 0.2) is 22.7 Å². The molecule has 2 N–H and O–H groups in total. The van der Waals surface area contributed by atoms with Crippen LogP contribution in [0.1, 0.15) is 31.9 Å². The summed E-state index contributed by atoms with van der Waals surface area (Å²) >= 11 is 3.53. The Labute approximate surface area is 117 Å². The van der Waals surface area contributed by atoms with Gasteiger partial charge in [-0.1, -0.05) is 6.07 Å². The highest BCUT2D eigenvalue weighted by Crippen LogP contribution is 2.34. The molecule has 0 bridgehead atoms. The number of hydrogen-bond donors (Lipinski definition) is 1. The van der Waals surface area contributed by atoms with Gasteiger partial charge in [-0.25, -0.2) is 0 Å². The first kappa shape index (κ1) is 13.8. The molecule has 1 aromatic carbocycles. The number of hydrogen-bond acceptors (Lipinski definition) is 3. The molecule has 0 radical (unpaired) electrons. The zero-order valence-electron chi connectivity index (χ0n) is 10.9. The molecule has 1 fully saturated rings. The lowest BCUT2D eigenvalue weighted by molar-refractivity contribution is 0.0995. The molecule has 3 nitrogen and oxygen atoms in total. The number of halogens is 1. The summed E-state index contributed by atoms with van der Waals surface area (Å²) < 4.78 is 12.1. The van der Waals surface area contributed by atoms with E-state index in [1.54, 1.807) is 0 Å². The Morgan fingerprint density at radius 3 is 2.89 bits per heavy atom. The maximum absolute atomic E-state index is 6.34. The Bertz CT molecular complexity index is 411. The quantitative estimate of drug-likeness (QED) is 0.927. The average Bonchev–Trinajstić information content (AvgIpc) is 2.77. The van der Waals surface area contributed by atoms with E-state index < -0.39 is 0 Å². The summed E-state index contributed by atoms with van der Waals surface area (Å²) in [6, 6.07) is 6.10. The summed E-state index contributed by atoms with van der Waals surface area (Å²) in [6.07, 6.45) is 1.28. The van der Waals surface area contributed by atoms with Crippen LogP contribution in [0, 0.1) is 5.92 Å². The van der Waals surface area contributed by atoms with Crippen molar-refractivity contribution < 1.29 is 9.47 Å². The maximum Gasteiger partial charge on any atom is 0.133 e. The fourth-order valence-electron chi connectivity index (χ4n) is 2.46. The van der Waals surface area contributed by atoms with Crippen LogP contribution >= 0.6 is 15.9 Å². The van der Waals surface area contributed by atoms with Crippen LogP contribution < -0.4 is 10.5 Å². The van der Waals surface area contributed by atoms with E-state index in [1.165, 1.54) is 0 Å². The van der Waals surface area contributed by atoms with Crippen molar-refractivity contribution in [2.45, 2.75) is 32.4 Å². The minimum absolute atomic E-state index is 0.0227. The zero-order chi connectivity index (χ0) is 13.1. The standard InChI is InChI=1S/C14H20BrNO2/c1-3-17-13-5-4-10(8-12(13)15)14(16)11-6-7-18-9(11)2/h4-5,8-9,11,14H,3,6-7,16H2,1-2H3. The van der Waals surface area contributed by atoms with E-state index in [1.807, 2.05) is 19.1 Å². The first-order chi connectivity index (χ1) is 8.63. The third-order valence-electron chi connectivity index (χ3n) is 3.54. The second kappa shape index (κ2) is 6.04. The van der Waals surface area contributed by atoms with E-state index in [4.69, 9.17) is 15.2 Å². The lowest BCUT2D eigenvalue weighted by Crippen LogP contribution is -2.26. The van der Waals surface area contributed by atoms with Gasteiger partial charge in [0.1, 0.15) is 5.75 Å². The van der Waals surface area contributed by atoms with Crippen molar-refractivity contribution in [3.8, 4) is 5.75 Å². The Balaban J connectivity index is 2.15. The second-order valence-electron chi connectivity index (χ2n) is 4.68. The molecule has 1 aliphatic rings. The van der Waals surface area contributed by atoms with Crippen molar-refractivity contribution in [3.05, 3.63) is 28.2 Å². The third-order valence-corrected chi connectivity index (χ3v) is 4.16. The molecule has 1 heterocycles. The van der Waals surface area contributed by atoms with Crippen molar-refractivity contribution in [2.75, 3.05) is 13.2 Å². The van der Waals surface area contributed by atoms with Gasteiger partial charge in [-0.3, -0.25) is 0 Å². The minimum Gasteiger partial charge on any atom is -0.493 e. The average molecular weight is 314 g/mol. The molecule has 18 heavy (non-hydrogen) atoms. The Morgan fingerprint density at radius 1 is 1.56 bits per heavy atom. The number of ether oxygens (including phenoxy) is 2. The highest BCUT2D eigenvalue weighted by atomic mass is 79.9. The third kappa shape index (κ3) is 2.87. The molecule has 0 saturated carbocycles. The van der Waals surface area contributed by atoms with Crippen molar-refractivity contribution in [1.29, 1.82) is 0 Å². The van der Waals surface area contributed by atoms with Crippen LogP contribution in [-0.4, -0.2) is 19.3 Å². The van der Waals surface area contributed by atoms with Gasteiger partial charge in [-0.2, -0.15) is 0 Å². The van der Waals surface area contributed by atoms with E-state index in [2.05, 4.69) is 28.9 Å². The van der Waals surface area contributed by atoms with E-state index in [-0.39, 0.29) is 12.1 Å². The summed E-state index contributed by atoms with van der Waals surface area (Å²) in [5.41, 5.74) is 7.47.